The van der Waals surface area contributed by atoms with Crippen LogP contribution in [0.5, 0.6) is 0 Å². The first kappa shape index (κ1) is 15.0. The number of para-hydroxylation sites is 1. The van der Waals surface area contributed by atoms with E-state index in [0.29, 0.717) is 18.1 Å². The molecule has 0 aliphatic carbocycles. The van der Waals surface area contributed by atoms with E-state index in [4.69, 9.17) is 0 Å². The van der Waals surface area contributed by atoms with Gasteiger partial charge in [-0.15, -0.1) is 10.2 Å². The highest BCUT2D eigenvalue weighted by Gasteiger charge is 2.07. The van der Waals surface area contributed by atoms with E-state index in [-0.39, 0.29) is 5.91 Å². The van der Waals surface area contributed by atoms with E-state index >= 15 is 0 Å². The number of amides is 1. The smallest absolute Gasteiger partial charge is 0.271 e. The Hall–Kier alpha value is -2.43. The molecule has 0 radical (unpaired) electrons. The predicted molar refractivity (Wildman–Crippen MR) is 83.7 cm³/mol. The molecule has 0 aliphatic heterocycles. The number of aromatic nitrogens is 2. The molecule has 0 saturated heterocycles. The molecule has 110 valence electrons. The number of aryl methyl sites for hydroxylation is 1. The summed E-state index contributed by atoms with van der Waals surface area (Å²) in [6.45, 7) is 4.77. The standard InChI is InChI=1S/C16H20N4O/c1-3-4-11-17-16(21)14-9-10-15(20-19-14)18-13-8-6-5-7-12(13)2/h5-10H,3-4,11H2,1-2H3,(H,17,21)(H,18,20). The lowest BCUT2D eigenvalue weighted by molar-refractivity contribution is 0.0947. The molecule has 5 nitrogen and oxygen atoms in total. The van der Waals surface area contributed by atoms with Crippen LogP contribution >= 0.6 is 0 Å². The topological polar surface area (TPSA) is 66.9 Å². The highest BCUT2D eigenvalue weighted by Crippen LogP contribution is 2.17. The zero-order valence-electron chi connectivity index (χ0n) is 12.4. The Morgan fingerprint density at radius 3 is 2.62 bits per heavy atom. The number of hydrogen-bond donors (Lipinski definition) is 2. The molecule has 0 aliphatic rings. The van der Waals surface area contributed by atoms with Crippen LogP contribution in [0.25, 0.3) is 0 Å². The summed E-state index contributed by atoms with van der Waals surface area (Å²) in [6, 6.07) is 11.4. The Balaban J connectivity index is 1.99. The van der Waals surface area contributed by atoms with E-state index in [1.54, 1.807) is 12.1 Å². The monoisotopic (exact) mass is 284 g/mol. The number of unbranched alkanes of at least 4 members (excludes halogenated alkanes) is 1. The minimum absolute atomic E-state index is 0.182. The largest absolute Gasteiger partial charge is 0.351 e. The van der Waals surface area contributed by atoms with Crippen LogP contribution < -0.4 is 10.6 Å². The Bertz CT molecular complexity index is 595. The molecule has 1 aromatic heterocycles. The summed E-state index contributed by atoms with van der Waals surface area (Å²) < 4.78 is 0. The summed E-state index contributed by atoms with van der Waals surface area (Å²) in [6.07, 6.45) is 2.01. The van der Waals surface area contributed by atoms with E-state index in [0.717, 1.165) is 24.1 Å². The lowest BCUT2D eigenvalue weighted by atomic mass is 10.2. The van der Waals surface area contributed by atoms with Crippen molar-refractivity contribution in [2.75, 3.05) is 11.9 Å². The minimum Gasteiger partial charge on any atom is -0.351 e. The number of benzene rings is 1. The first-order valence-electron chi connectivity index (χ1n) is 7.15. The van der Waals surface area contributed by atoms with E-state index in [2.05, 4.69) is 27.8 Å². The zero-order valence-corrected chi connectivity index (χ0v) is 12.4. The van der Waals surface area contributed by atoms with Gasteiger partial charge in [0.15, 0.2) is 11.5 Å². The quantitative estimate of drug-likeness (QED) is 0.800. The minimum atomic E-state index is -0.182. The van der Waals surface area contributed by atoms with E-state index < -0.39 is 0 Å². The first-order chi connectivity index (χ1) is 10.2. The highest BCUT2D eigenvalue weighted by atomic mass is 16.1. The second-order valence-corrected chi connectivity index (χ2v) is 4.85. The Labute approximate surface area is 124 Å². The van der Waals surface area contributed by atoms with Crippen molar-refractivity contribution in [2.45, 2.75) is 26.7 Å². The van der Waals surface area contributed by atoms with Gasteiger partial charge in [0.05, 0.1) is 0 Å². The zero-order chi connectivity index (χ0) is 15.1. The molecule has 2 N–H and O–H groups in total. The van der Waals surface area contributed by atoms with Crippen LogP contribution in [0.4, 0.5) is 11.5 Å². The molecule has 0 atom stereocenters. The van der Waals surface area contributed by atoms with Crippen molar-refractivity contribution >= 4 is 17.4 Å². The van der Waals surface area contributed by atoms with Gasteiger partial charge in [-0.25, -0.2) is 0 Å². The average molecular weight is 284 g/mol. The molecule has 1 aromatic carbocycles. The maximum Gasteiger partial charge on any atom is 0.271 e. The number of carbonyl (C=O) groups excluding carboxylic acids is 1. The van der Waals surface area contributed by atoms with Gasteiger partial charge in [-0.3, -0.25) is 4.79 Å². The molecule has 1 heterocycles. The fraction of sp³-hybridized carbons (Fsp3) is 0.312. The molecule has 2 aromatic rings. The fourth-order valence-electron chi connectivity index (χ4n) is 1.84. The van der Waals surface area contributed by atoms with Crippen LogP contribution in [0.15, 0.2) is 36.4 Å². The fourth-order valence-corrected chi connectivity index (χ4v) is 1.84. The van der Waals surface area contributed by atoms with Crippen molar-refractivity contribution in [2.24, 2.45) is 0 Å². The third-order valence-corrected chi connectivity index (χ3v) is 3.12. The predicted octanol–water partition coefficient (Wildman–Crippen LogP) is 3.06. The van der Waals surface area contributed by atoms with Gasteiger partial charge in [0, 0.05) is 12.2 Å². The van der Waals surface area contributed by atoms with Gasteiger partial charge in [-0.1, -0.05) is 31.5 Å². The van der Waals surface area contributed by atoms with Gasteiger partial charge in [0.2, 0.25) is 0 Å². The Morgan fingerprint density at radius 2 is 1.95 bits per heavy atom. The number of anilines is 2. The van der Waals surface area contributed by atoms with E-state index in [1.165, 1.54) is 0 Å². The molecule has 0 bridgehead atoms. The van der Waals surface area contributed by atoms with Gasteiger partial charge in [-0.2, -0.15) is 0 Å². The number of nitrogens with one attached hydrogen (secondary N) is 2. The molecular formula is C16H20N4O. The van der Waals surface area contributed by atoms with Gasteiger partial charge >= 0.3 is 0 Å². The summed E-state index contributed by atoms with van der Waals surface area (Å²) in [5.74, 6) is 0.438. The van der Waals surface area contributed by atoms with Crippen molar-refractivity contribution < 1.29 is 4.79 Å². The highest BCUT2D eigenvalue weighted by molar-refractivity contribution is 5.92. The normalized spacial score (nSPS) is 10.2. The van der Waals surface area contributed by atoms with Crippen molar-refractivity contribution in [3.8, 4) is 0 Å². The number of nitrogens with zero attached hydrogens (tertiary/aromatic N) is 2. The third kappa shape index (κ3) is 4.27. The summed E-state index contributed by atoms with van der Waals surface area (Å²) in [5.41, 5.74) is 2.44. The molecule has 5 heteroatoms. The summed E-state index contributed by atoms with van der Waals surface area (Å²) in [4.78, 5) is 11.8. The summed E-state index contributed by atoms with van der Waals surface area (Å²) >= 11 is 0. The molecular weight excluding hydrogens is 264 g/mol. The van der Waals surface area contributed by atoms with Crippen molar-refractivity contribution in [1.82, 2.24) is 15.5 Å². The number of rotatable bonds is 6. The van der Waals surface area contributed by atoms with Crippen LogP contribution in [0.2, 0.25) is 0 Å². The number of hydrogen-bond acceptors (Lipinski definition) is 4. The molecule has 0 saturated carbocycles. The van der Waals surface area contributed by atoms with Crippen molar-refractivity contribution in [1.29, 1.82) is 0 Å². The first-order valence-corrected chi connectivity index (χ1v) is 7.15. The van der Waals surface area contributed by atoms with E-state index in [9.17, 15) is 4.79 Å². The Morgan fingerprint density at radius 1 is 1.14 bits per heavy atom. The molecule has 21 heavy (non-hydrogen) atoms. The van der Waals surface area contributed by atoms with Gasteiger partial charge < -0.3 is 10.6 Å². The van der Waals surface area contributed by atoms with Crippen molar-refractivity contribution in [3.05, 3.63) is 47.7 Å². The van der Waals surface area contributed by atoms with Crippen LogP contribution in [0.1, 0.15) is 35.8 Å². The van der Waals surface area contributed by atoms with Gasteiger partial charge in [0.25, 0.3) is 5.91 Å². The van der Waals surface area contributed by atoms with Gasteiger partial charge in [-0.05, 0) is 37.1 Å². The summed E-state index contributed by atoms with van der Waals surface area (Å²) in [7, 11) is 0. The molecule has 0 fully saturated rings. The van der Waals surface area contributed by atoms with Crippen molar-refractivity contribution in [3.63, 3.8) is 0 Å². The maximum atomic E-state index is 11.8. The summed E-state index contributed by atoms with van der Waals surface area (Å²) in [5, 5.41) is 14.0. The molecule has 2 rings (SSSR count). The Kier molecular flexibility index (Phi) is 5.26. The van der Waals surface area contributed by atoms with Crippen LogP contribution in [-0.2, 0) is 0 Å². The SMILES string of the molecule is CCCCNC(=O)c1ccc(Nc2ccccc2C)nn1. The maximum absolute atomic E-state index is 11.8. The third-order valence-electron chi connectivity index (χ3n) is 3.12. The molecule has 0 unspecified atom stereocenters. The lowest BCUT2D eigenvalue weighted by Gasteiger charge is -2.08. The molecule has 0 spiro atoms. The lowest BCUT2D eigenvalue weighted by Crippen LogP contribution is -2.25. The van der Waals surface area contributed by atoms with Crippen LogP contribution in [0, 0.1) is 6.92 Å². The van der Waals surface area contributed by atoms with Crippen LogP contribution in [-0.4, -0.2) is 22.6 Å². The molecule has 1 amide bonds. The second-order valence-electron chi connectivity index (χ2n) is 4.85. The second kappa shape index (κ2) is 7.38. The van der Waals surface area contributed by atoms with Gasteiger partial charge in [0.1, 0.15) is 0 Å². The van der Waals surface area contributed by atoms with E-state index in [1.807, 2.05) is 31.2 Å². The number of carbonyl (C=O) groups is 1. The average Bonchev–Trinajstić information content (AvgIpc) is 2.50. The van der Waals surface area contributed by atoms with Crippen LogP contribution in [0.3, 0.4) is 0 Å².